The fourth-order valence-electron chi connectivity index (χ4n) is 4.88. The molecule has 4 heteroatoms. The van der Waals surface area contributed by atoms with E-state index in [1.54, 1.807) is 4.90 Å². The molecular formula is C26H32N2O2. The second kappa shape index (κ2) is 8.25. The van der Waals surface area contributed by atoms with Crippen LogP contribution < -0.4 is 0 Å². The monoisotopic (exact) mass is 404 g/mol. The number of rotatable bonds is 5. The van der Waals surface area contributed by atoms with Crippen LogP contribution in [-0.2, 0) is 16.0 Å². The van der Waals surface area contributed by atoms with Gasteiger partial charge in [0.05, 0.1) is 5.41 Å². The van der Waals surface area contributed by atoms with Crippen LogP contribution in [0.4, 0.5) is 0 Å². The van der Waals surface area contributed by atoms with Gasteiger partial charge in [0.25, 0.3) is 0 Å². The molecule has 4 nitrogen and oxygen atoms in total. The Balaban J connectivity index is 1.54. The largest absolute Gasteiger partial charge is 0.348 e. The van der Waals surface area contributed by atoms with Crippen LogP contribution in [-0.4, -0.2) is 48.8 Å². The van der Waals surface area contributed by atoms with E-state index in [4.69, 9.17) is 0 Å². The standard InChI is InChI=1S/C26H32N2O2/c1-19-16-23(19)24(29)28-14-12-26(13-15-28,25(30)27(2)3)18-20-8-7-11-22(17-20)21-9-5-4-6-10-21/h4-11,17,19,23H,12-16,18H2,1-3H3. The summed E-state index contributed by atoms with van der Waals surface area (Å²) in [6.07, 6.45) is 3.19. The summed E-state index contributed by atoms with van der Waals surface area (Å²) < 4.78 is 0. The topological polar surface area (TPSA) is 40.6 Å². The third-order valence-corrected chi connectivity index (χ3v) is 6.90. The Kier molecular flexibility index (Phi) is 5.68. The van der Waals surface area contributed by atoms with Crippen molar-refractivity contribution in [2.45, 2.75) is 32.6 Å². The maximum atomic E-state index is 13.3. The summed E-state index contributed by atoms with van der Waals surface area (Å²) in [4.78, 5) is 29.7. The number of carbonyl (C=O) groups excluding carboxylic acids is 2. The first-order valence-corrected chi connectivity index (χ1v) is 11.0. The molecule has 0 bridgehead atoms. The van der Waals surface area contributed by atoms with Gasteiger partial charge in [-0.05, 0) is 48.3 Å². The van der Waals surface area contributed by atoms with Gasteiger partial charge >= 0.3 is 0 Å². The van der Waals surface area contributed by atoms with Crippen LogP contribution in [0.5, 0.6) is 0 Å². The summed E-state index contributed by atoms with van der Waals surface area (Å²) in [5.74, 6) is 1.21. The third kappa shape index (κ3) is 4.14. The van der Waals surface area contributed by atoms with E-state index < -0.39 is 5.41 Å². The minimum atomic E-state index is -0.440. The normalized spacial score (nSPS) is 22.4. The lowest BCUT2D eigenvalue weighted by Gasteiger charge is -2.42. The molecule has 2 unspecified atom stereocenters. The molecule has 1 aliphatic carbocycles. The predicted octanol–water partition coefficient (Wildman–Crippen LogP) is 4.25. The first-order valence-electron chi connectivity index (χ1n) is 11.0. The van der Waals surface area contributed by atoms with Crippen molar-refractivity contribution in [3.63, 3.8) is 0 Å². The van der Waals surface area contributed by atoms with E-state index in [0.717, 1.165) is 19.3 Å². The summed E-state index contributed by atoms with van der Waals surface area (Å²) in [5, 5.41) is 0. The SMILES string of the molecule is CC1CC1C(=O)N1CCC(Cc2cccc(-c3ccccc3)c2)(C(=O)N(C)C)CC1. The van der Waals surface area contributed by atoms with E-state index in [-0.39, 0.29) is 11.8 Å². The highest BCUT2D eigenvalue weighted by Crippen LogP contribution is 2.42. The van der Waals surface area contributed by atoms with Gasteiger partial charge in [-0.3, -0.25) is 9.59 Å². The average Bonchev–Trinajstić information content (AvgIpc) is 3.50. The van der Waals surface area contributed by atoms with Crippen molar-refractivity contribution >= 4 is 11.8 Å². The summed E-state index contributed by atoms with van der Waals surface area (Å²) in [7, 11) is 3.68. The highest BCUT2D eigenvalue weighted by molar-refractivity contribution is 5.85. The van der Waals surface area contributed by atoms with Gasteiger partial charge in [-0.2, -0.15) is 0 Å². The van der Waals surface area contributed by atoms with Crippen LogP contribution >= 0.6 is 0 Å². The lowest BCUT2D eigenvalue weighted by Crippen LogP contribution is -2.51. The molecule has 2 fully saturated rings. The number of amides is 2. The molecule has 0 spiro atoms. The molecule has 30 heavy (non-hydrogen) atoms. The first kappa shape index (κ1) is 20.6. The van der Waals surface area contributed by atoms with Crippen LogP contribution in [0, 0.1) is 17.3 Å². The maximum Gasteiger partial charge on any atom is 0.228 e. The molecule has 1 heterocycles. The fraction of sp³-hybridized carbons (Fsp3) is 0.462. The smallest absolute Gasteiger partial charge is 0.228 e. The van der Waals surface area contributed by atoms with E-state index >= 15 is 0 Å². The van der Waals surface area contributed by atoms with Gasteiger partial charge in [0.2, 0.25) is 11.8 Å². The Hall–Kier alpha value is -2.62. The van der Waals surface area contributed by atoms with Crippen molar-refractivity contribution in [3.05, 3.63) is 60.2 Å². The van der Waals surface area contributed by atoms with E-state index in [9.17, 15) is 9.59 Å². The zero-order valence-corrected chi connectivity index (χ0v) is 18.3. The van der Waals surface area contributed by atoms with Gasteiger partial charge < -0.3 is 9.80 Å². The van der Waals surface area contributed by atoms with Crippen LogP contribution in [0.3, 0.4) is 0 Å². The quantitative estimate of drug-likeness (QED) is 0.748. The minimum Gasteiger partial charge on any atom is -0.348 e. The number of carbonyl (C=O) groups is 2. The van der Waals surface area contributed by atoms with Gasteiger partial charge in [0, 0.05) is 33.1 Å². The van der Waals surface area contributed by atoms with Crippen molar-refractivity contribution < 1.29 is 9.59 Å². The number of likely N-dealkylation sites (tertiary alicyclic amines) is 1. The lowest BCUT2D eigenvalue weighted by molar-refractivity contribution is -0.146. The lowest BCUT2D eigenvalue weighted by atomic mass is 9.72. The van der Waals surface area contributed by atoms with E-state index in [0.29, 0.717) is 31.3 Å². The van der Waals surface area contributed by atoms with Crippen LogP contribution in [0.2, 0.25) is 0 Å². The zero-order chi connectivity index (χ0) is 21.3. The van der Waals surface area contributed by atoms with Crippen molar-refractivity contribution in [1.29, 1.82) is 0 Å². The van der Waals surface area contributed by atoms with Gasteiger partial charge in [0.1, 0.15) is 0 Å². The molecule has 0 N–H and O–H groups in total. The fourth-order valence-corrected chi connectivity index (χ4v) is 4.88. The molecule has 0 radical (unpaired) electrons. The third-order valence-electron chi connectivity index (χ3n) is 6.90. The van der Waals surface area contributed by atoms with Crippen LogP contribution in [0.1, 0.15) is 31.7 Å². The van der Waals surface area contributed by atoms with Gasteiger partial charge in [-0.25, -0.2) is 0 Å². The molecule has 158 valence electrons. The molecular weight excluding hydrogens is 372 g/mol. The molecule has 1 saturated carbocycles. The van der Waals surface area contributed by atoms with E-state index in [1.165, 1.54) is 16.7 Å². The number of piperidine rings is 1. The minimum absolute atomic E-state index is 0.180. The molecule has 2 aliphatic rings. The average molecular weight is 405 g/mol. The molecule has 2 aromatic carbocycles. The van der Waals surface area contributed by atoms with Gasteiger partial charge in [-0.15, -0.1) is 0 Å². The summed E-state index contributed by atoms with van der Waals surface area (Å²) in [5.41, 5.74) is 3.11. The molecule has 4 rings (SSSR count). The summed E-state index contributed by atoms with van der Waals surface area (Å²) in [6.45, 7) is 3.51. The van der Waals surface area contributed by atoms with Crippen LogP contribution in [0.25, 0.3) is 11.1 Å². The second-order valence-corrected chi connectivity index (χ2v) is 9.37. The molecule has 1 aliphatic heterocycles. The van der Waals surface area contributed by atoms with Crippen LogP contribution in [0.15, 0.2) is 54.6 Å². The molecule has 2 atom stereocenters. The number of hydrogen-bond donors (Lipinski definition) is 0. The molecule has 2 aromatic rings. The molecule has 2 amide bonds. The highest BCUT2D eigenvalue weighted by atomic mass is 16.2. The highest BCUT2D eigenvalue weighted by Gasteiger charge is 2.46. The first-order chi connectivity index (χ1) is 14.4. The maximum absolute atomic E-state index is 13.3. The van der Waals surface area contributed by atoms with Crippen molar-refractivity contribution in [2.75, 3.05) is 27.2 Å². The predicted molar refractivity (Wildman–Crippen MR) is 120 cm³/mol. The Labute approximate surface area is 179 Å². The molecule has 0 aromatic heterocycles. The number of nitrogens with zero attached hydrogens (tertiary/aromatic N) is 2. The molecule has 1 saturated heterocycles. The Morgan fingerprint density at radius 1 is 1.00 bits per heavy atom. The summed E-state index contributed by atoms with van der Waals surface area (Å²) in [6, 6.07) is 18.9. The van der Waals surface area contributed by atoms with Crippen molar-refractivity contribution in [1.82, 2.24) is 9.80 Å². The van der Waals surface area contributed by atoms with E-state index in [2.05, 4.69) is 43.3 Å². The van der Waals surface area contributed by atoms with Crippen molar-refractivity contribution in [3.8, 4) is 11.1 Å². The Morgan fingerprint density at radius 3 is 2.23 bits per heavy atom. The number of benzene rings is 2. The second-order valence-electron chi connectivity index (χ2n) is 9.37. The van der Waals surface area contributed by atoms with Crippen molar-refractivity contribution in [2.24, 2.45) is 17.3 Å². The number of hydrogen-bond acceptors (Lipinski definition) is 2. The Bertz CT molecular complexity index is 914. The van der Waals surface area contributed by atoms with E-state index in [1.807, 2.05) is 37.2 Å². The summed E-state index contributed by atoms with van der Waals surface area (Å²) >= 11 is 0. The zero-order valence-electron chi connectivity index (χ0n) is 18.3. The van der Waals surface area contributed by atoms with Gasteiger partial charge in [0.15, 0.2) is 0 Å². The van der Waals surface area contributed by atoms with Gasteiger partial charge in [-0.1, -0.05) is 61.5 Å². The Morgan fingerprint density at radius 2 is 1.63 bits per heavy atom.